The molecular formula is C22H37NO2. The number of unbranched alkanes of at least 4 members (excludes halogenated alkanes) is 5. The smallest absolute Gasteiger partial charge is 0.162 e. The van der Waals surface area contributed by atoms with E-state index >= 15 is 0 Å². The second kappa shape index (κ2) is 9.70. The first-order chi connectivity index (χ1) is 11.9. The predicted molar refractivity (Wildman–Crippen MR) is 105 cm³/mol. The van der Waals surface area contributed by atoms with Crippen molar-refractivity contribution in [1.82, 2.24) is 0 Å². The Balaban J connectivity index is 1.68. The molecule has 1 fully saturated rings. The number of hydrogen-bond donors (Lipinski definition) is 1. The van der Waals surface area contributed by atoms with E-state index < -0.39 is 5.79 Å². The number of rotatable bonds is 10. The number of nitrogens with two attached hydrogens (primary N) is 1. The first-order valence-corrected chi connectivity index (χ1v) is 10.1. The van der Waals surface area contributed by atoms with Gasteiger partial charge in [0, 0.05) is 0 Å². The molecular weight excluding hydrogens is 310 g/mol. The summed E-state index contributed by atoms with van der Waals surface area (Å²) in [5.74, 6) is -0.499. The molecule has 0 bridgehead atoms. The van der Waals surface area contributed by atoms with Crippen LogP contribution in [0, 0.1) is 0 Å². The van der Waals surface area contributed by atoms with Crippen LogP contribution in [-0.2, 0) is 22.3 Å². The molecule has 142 valence electrons. The van der Waals surface area contributed by atoms with E-state index in [1.807, 2.05) is 13.8 Å². The van der Waals surface area contributed by atoms with Crippen molar-refractivity contribution < 1.29 is 9.47 Å². The fourth-order valence-electron chi connectivity index (χ4n) is 3.24. The van der Waals surface area contributed by atoms with Crippen molar-refractivity contribution in [3.8, 4) is 0 Å². The molecule has 1 saturated heterocycles. The molecule has 0 saturated carbocycles. The molecule has 0 aromatic heterocycles. The molecule has 0 radical (unpaired) electrons. The van der Waals surface area contributed by atoms with Crippen LogP contribution in [0.4, 0.5) is 0 Å². The summed E-state index contributed by atoms with van der Waals surface area (Å²) in [7, 11) is 0. The molecule has 25 heavy (non-hydrogen) atoms. The molecule has 0 spiro atoms. The van der Waals surface area contributed by atoms with Crippen molar-refractivity contribution >= 4 is 0 Å². The van der Waals surface area contributed by atoms with Crippen LogP contribution >= 0.6 is 0 Å². The average Bonchev–Trinajstić information content (AvgIpc) is 2.60. The van der Waals surface area contributed by atoms with Gasteiger partial charge in [-0.05, 0) is 50.7 Å². The van der Waals surface area contributed by atoms with Crippen molar-refractivity contribution in [2.24, 2.45) is 5.73 Å². The monoisotopic (exact) mass is 347 g/mol. The van der Waals surface area contributed by atoms with Crippen molar-refractivity contribution in [3.63, 3.8) is 0 Å². The lowest BCUT2D eigenvalue weighted by molar-refractivity contribution is -0.267. The maximum absolute atomic E-state index is 6.42. The van der Waals surface area contributed by atoms with E-state index in [1.165, 1.54) is 56.1 Å². The van der Waals surface area contributed by atoms with Crippen LogP contribution < -0.4 is 5.73 Å². The summed E-state index contributed by atoms with van der Waals surface area (Å²) in [5, 5.41) is 0. The van der Waals surface area contributed by atoms with Crippen molar-refractivity contribution in [2.75, 3.05) is 13.2 Å². The van der Waals surface area contributed by atoms with Crippen LogP contribution in [0.3, 0.4) is 0 Å². The zero-order valence-corrected chi connectivity index (χ0v) is 16.5. The maximum atomic E-state index is 6.42. The molecule has 3 heteroatoms. The average molecular weight is 348 g/mol. The van der Waals surface area contributed by atoms with Gasteiger partial charge in [-0.1, -0.05) is 63.3 Å². The number of benzene rings is 1. The number of aryl methyl sites for hydroxylation is 2. The van der Waals surface area contributed by atoms with Gasteiger partial charge in [-0.3, -0.25) is 0 Å². The summed E-state index contributed by atoms with van der Waals surface area (Å²) >= 11 is 0. The number of ether oxygens (including phenoxy) is 2. The van der Waals surface area contributed by atoms with Crippen LogP contribution in [0.1, 0.15) is 76.8 Å². The zero-order valence-electron chi connectivity index (χ0n) is 16.5. The minimum absolute atomic E-state index is 0.368. The SMILES string of the molecule is CCCCCCCCc1ccc(CCC2(N)COC(C)(C)OC2)cc1. The van der Waals surface area contributed by atoms with Crippen molar-refractivity contribution in [2.45, 2.75) is 89.9 Å². The van der Waals surface area contributed by atoms with Crippen LogP contribution in [-0.4, -0.2) is 24.5 Å². The third kappa shape index (κ3) is 7.47. The van der Waals surface area contributed by atoms with Crippen molar-refractivity contribution in [3.05, 3.63) is 35.4 Å². The van der Waals surface area contributed by atoms with E-state index in [1.54, 1.807) is 0 Å². The summed E-state index contributed by atoms with van der Waals surface area (Å²) in [5.41, 5.74) is 8.86. The fraction of sp³-hybridized carbons (Fsp3) is 0.727. The molecule has 0 unspecified atom stereocenters. The van der Waals surface area contributed by atoms with Gasteiger partial charge in [-0.15, -0.1) is 0 Å². The molecule has 1 aliphatic rings. The van der Waals surface area contributed by atoms with E-state index in [4.69, 9.17) is 15.2 Å². The van der Waals surface area contributed by atoms with Crippen LogP contribution in [0.2, 0.25) is 0 Å². The lowest BCUT2D eigenvalue weighted by atomic mass is 9.92. The Bertz CT molecular complexity index is 485. The third-order valence-corrected chi connectivity index (χ3v) is 5.17. The van der Waals surface area contributed by atoms with Gasteiger partial charge in [0.05, 0.1) is 18.8 Å². The molecule has 3 nitrogen and oxygen atoms in total. The van der Waals surface area contributed by atoms with Gasteiger partial charge in [0.25, 0.3) is 0 Å². The first kappa shape index (κ1) is 20.4. The van der Waals surface area contributed by atoms with E-state index in [-0.39, 0.29) is 5.54 Å². The Labute approximate surface area is 154 Å². The Morgan fingerprint density at radius 3 is 1.96 bits per heavy atom. The highest BCUT2D eigenvalue weighted by Crippen LogP contribution is 2.25. The molecule has 0 amide bonds. The van der Waals surface area contributed by atoms with Gasteiger partial charge in [0.1, 0.15) is 0 Å². The highest BCUT2D eigenvalue weighted by atomic mass is 16.7. The summed E-state index contributed by atoms with van der Waals surface area (Å²) < 4.78 is 11.4. The predicted octanol–water partition coefficient (Wildman–Crippen LogP) is 5.00. The Kier molecular flexibility index (Phi) is 7.92. The minimum atomic E-state index is -0.499. The van der Waals surface area contributed by atoms with E-state index in [9.17, 15) is 0 Å². The summed E-state index contributed by atoms with van der Waals surface area (Å²) in [4.78, 5) is 0. The normalized spacial score (nSPS) is 19.0. The minimum Gasteiger partial charge on any atom is -0.349 e. The topological polar surface area (TPSA) is 44.5 Å². The summed E-state index contributed by atoms with van der Waals surface area (Å²) in [6, 6.07) is 9.07. The number of hydrogen-bond acceptors (Lipinski definition) is 3. The van der Waals surface area contributed by atoms with Gasteiger partial charge >= 0.3 is 0 Å². The molecule has 1 aromatic carbocycles. The van der Waals surface area contributed by atoms with Gasteiger partial charge < -0.3 is 15.2 Å². The van der Waals surface area contributed by atoms with E-state index in [0.29, 0.717) is 13.2 Å². The summed E-state index contributed by atoms with van der Waals surface area (Å²) in [6.07, 6.45) is 11.2. The molecule has 0 aliphatic carbocycles. The molecule has 1 aromatic rings. The van der Waals surface area contributed by atoms with Gasteiger partial charge in [-0.25, -0.2) is 0 Å². The van der Waals surface area contributed by atoms with Crippen LogP contribution in [0.25, 0.3) is 0 Å². The van der Waals surface area contributed by atoms with Crippen molar-refractivity contribution in [1.29, 1.82) is 0 Å². The van der Waals surface area contributed by atoms with E-state index in [0.717, 1.165) is 12.8 Å². The standard InChI is InChI=1S/C22H37NO2/c1-4-5-6-7-8-9-10-19-11-13-20(14-12-19)15-16-22(23)17-24-21(2,3)25-18-22/h11-14H,4-10,15-18,23H2,1-3H3. The molecule has 1 aliphatic heterocycles. The zero-order chi connectivity index (χ0) is 18.2. The third-order valence-electron chi connectivity index (χ3n) is 5.17. The fourth-order valence-corrected chi connectivity index (χ4v) is 3.24. The Morgan fingerprint density at radius 2 is 1.36 bits per heavy atom. The lowest BCUT2D eigenvalue weighted by Gasteiger charge is -2.41. The largest absolute Gasteiger partial charge is 0.349 e. The Hall–Kier alpha value is -0.900. The molecule has 2 rings (SSSR count). The van der Waals surface area contributed by atoms with Crippen LogP contribution in [0.15, 0.2) is 24.3 Å². The maximum Gasteiger partial charge on any atom is 0.162 e. The molecule has 1 heterocycles. The molecule has 0 atom stereocenters. The second-order valence-corrected chi connectivity index (χ2v) is 8.17. The highest BCUT2D eigenvalue weighted by Gasteiger charge is 2.36. The first-order valence-electron chi connectivity index (χ1n) is 10.1. The Morgan fingerprint density at radius 1 is 0.840 bits per heavy atom. The van der Waals surface area contributed by atoms with Gasteiger partial charge in [0.2, 0.25) is 0 Å². The second-order valence-electron chi connectivity index (χ2n) is 8.17. The van der Waals surface area contributed by atoms with Gasteiger partial charge in [0.15, 0.2) is 5.79 Å². The molecule has 2 N–H and O–H groups in total. The van der Waals surface area contributed by atoms with E-state index in [2.05, 4.69) is 31.2 Å². The highest BCUT2D eigenvalue weighted by molar-refractivity contribution is 5.23. The quantitative estimate of drug-likeness (QED) is 0.606. The van der Waals surface area contributed by atoms with Crippen LogP contribution in [0.5, 0.6) is 0 Å². The van der Waals surface area contributed by atoms with Gasteiger partial charge in [-0.2, -0.15) is 0 Å². The lowest BCUT2D eigenvalue weighted by Crippen LogP contribution is -2.57. The summed E-state index contributed by atoms with van der Waals surface area (Å²) in [6.45, 7) is 7.28.